The Kier molecular flexibility index (Phi) is 5.58. The first kappa shape index (κ1) is 22.1. The minimum absolute atomic E-state index is 0.0209. The van der Waals surface area contributed by atoms with Crippen LogP contribution in [0, 0.1) is 18.3 Å². The van der Waals surface area contributed by atoms with Gasteiger partial charge in [-0.05, 0) is 25.1 Å². The lowest BCUT2D eigenvalue weighted by atomic mass is 10.0. The van der Waals surface area contributed by atoms with Crippen LogP contribution < -0.4 is 25.0 Å². The molecule has 0 unspecified atom stereocenters. The Bertz CT molecular complexity index is 1370. The van der Waals surface area contributed by atoms with E-state index in [1.165, 1.54) is 0 Å². The second-order valence-electron chi connectivity index (χ2n) is 8.91. The second-order valence-corrected chi connectivity index (χ2v) is 8.91. The van der Waals surface area contributed by atoms with E-state index in [1.54, 1.807) is 18.7 Å². The van der Waals surface area contributed by atoms with Crippen molar-refractivity contribution in [1.29, 1.82) is 5.26 Å². The maximum Gasteiger partial charge on any atom is 0.253 e. The van der Waals surface area contributed by atoms with Crippen molar-refractivity contribution in [2.75, 3.05) is 68.2 Å². The Hall–Kier alpha value is -3.70. The number of rotatable bonds is 3. The molecule has 8 nitrogen and oxygen atoms in total. The summed E-state index contributed by atoms with van der Waals surface area (Å²) in [7, 11) is 5.52. The third-order valence-electron chi connectivity index (χ3n) is 6.93. The highest BCUT2D eigenvalue weighted by Gasteiger charge is 2.27. The molecule has 0 amide bonds. The Morgan fingerprint density at radius 1 is 0.941 bits per heavy atom. The number of morpholine rings is 1. The van der Waals surface area contributed by atoms with E-state index in [2.05, 4.69) is 33.9 Å². The van der Waals surface area contributed by atoms with Crippen molar-refractivity contribution in [3.63, 3.8) is 0 Å². The number of benzene rings is 2. The van der Waals surface area contributed by atoms with Crippen LogP contribution in [0.3, 0.4) is 0 Å². The van der Waals surface area contributed by atoms with Crippen LogP contribution in [0.15, 0.2) is 35.1 Å². The molecule has 0 saturated carbocycles. The van der Waals surface area contributed by atoms with E-state index >= 15 is 0 Å². The van der Waals surface area contributed by atoms with Gasteiger partial charge in [0.05, 0.1) is 54.2 Å². The number of fused-ring (bicyclic) bond motifs is 2. The summed E-state index contributed by atoms with van der Waals surface area (Å²) in [5, 5.41) is 11.0. The van der Waals surface area contributed by atoms with E-state index in [0.717, 1.165) is 59.8 Å². The maximum absolute atomic E-state index is 12.6. The van der Waals surface area contributed by atoms with Crippen molar-refractivity contribution in [3.05, 3.63) is 51.8 Å². The summed E-state index contributed by atoms with van der Waals surface area (Å²) in [5.74, 6) is 0.687. The largest absolute Gasteiger partial charge is 0.497 e. The Morgan fingerprint density at radius 3 is 2.41 bits per heavy atom. The molecule has 0 radical (unpaired) electrons. The third-order valence-corrected chi connectivity index (χ3v) is 6.93. The molecule has 2 aliphatic heterocycles. The molecule has 8 heteroatoms. The molecule has 1 saturated heterocycles. The van der Waals surface area contributed by atoms with Gasteiger partial charge in [0.25, 0.3) is 5.56 Å². The number of aryl methyl sites for hydroxylation is 2. The molecule has 0 N–H and O–H groups in total. The van der Waals surface area contributed by atoms with Crippen LogP contribution >= 0.6 is 0 Å². The highest BCUT2D eigenvalue weighted by Crippen LogP contribution is 2.44. The minimum atomic E-state index is -0.0209. The highest BCUT2D eigenvalue weighted by atomic mass is 16.5. The molecule has 176 valence electrons. The molecule has 0 atom stereocenters. The van der Waals surface area contributed by atoms with E-state index in [0.29, 0.717) is 30.1 Å². The maximum atomic E-state index is 12.6. The molecular formula is C26H29N5O3. The first-order valence-electron chi connectivity index (χ1n) is 11.5. The van der Waals surface area contributed by atoms with E-state index in [9.17, 15) is 10.1 Å². The summed E-state index contributed by atoms with van der Waals surface area (Å²) < 4.78 is 12.8. The summed E-state index contributed by atoms with van der Waals surface area (Å²) in [5.41, 5.74) is 6.10. The van der Waals surface area contributed by atoms with Crippen molar-refractivity contribution in [1.82, 2.24) is 4.57 Å². The van der Waals surface area contributed by atoms with Gasteiger partial charge in [-0.3, -0.25) is 4.79 Å². The fraction of sp³-hybridized carbons (Fsp3) is 0.385. The topological polar surface area (TPSA) is 74.0 Å². The third kappa shape index (κ3) is 3.53. The van der Waals surface area contributed by atoms with Gasteiger partial charge in [0.15, 0.2) is 0 Å². The molecule has 0 bridgehead atoms. The van der Waals surface area contributed by atoms with Crippen molar-refractivity contribution in [2.45, 2.75) is 6.92 Å². The lowest BCUT2D eigenvalue weighted by molar-refractivity contribution is 0.122. The number of nitrogens with zero attached hydrogens (tertiary/aromatic N) is 5. The lowest BCUT2D eigenvalue weighted by Gasteiger charge is -2.39. The predicted octanol–water partition coefficient (Wildman–Crippen LogP) is 3.15. The molecule has 1 aromatic heterocycles. The molecule has 2 aromatic carbocycles. The molecular weight excluding hydrogens is 430 g/mol. The van der Waals surface area contributed by atoms with Gasteiger partial charge in [-0.2, -0.15) is 5.26 Å². The molecule has 2 aliphatic rings. The number of pyridine rings is 1. The molecule has 3 aromatic rings. The number of anilines is 4. The molecule has 3 heterocycles. The standard InChI is InChI=1S/C26H29N5O3/c1-17-11-20-22(29(3)26(17)32)13-19(33-4)14-23(20)31-6-5-28(2)24-15-21(18(16-27)12-25(24)31)30-7-9-34-10-8-30/h11-15H,5-10H2,1-4H3. The van der Waals surface area contributed by atoms with Crippen molar-refractivity contribution < 1.29 is 9.47 Å². The number of methoxy groups -OCH3 is 1. The Labute approximate surface area is 199 Å². The van der Waals surface area contributed by atoms with Gasteiger partial charge < -0.3 is 28.7 Å². The molecule has 0 spiro atoms. The average molecular weight is 460 g/mol. The van der Waals surface area contributed by atoms with Gasteiger partial charge >= 0.3 is 0 Å². The quantitative estimate of drug-likeness (QED) is 0.596. The molecule has 34 heavy (non-hydrogen) atoms. The van der Waals surface area contributed by atoms with Crippen LogP contribution in [0.4, 0.5) is 22.7 Å². The van der Waals surface area contributed by atoms with E-state index in [-0.39, 0.29) is 5.56 Å². The van der Waals surface area contributed by atoms with Gasteiger partial charge in [0.2, 0.25) is 0 Å². The van der Waals surface area contributed by atoms with Gasteiger partial charge in [-0.15, -0.1) is 0 Å². The molecule has 0 aliphatic carbocycles. The van der Waals surface area contributed by atoms with Crippen LogP contribution in [0.2, 0.25) is 0 Å². The van der Waals surface area contributed by atoms with Crippen LogP contribution in [-0.4, -0.2) is 58.1 Å². The second kappa shape index (κ2) is 8.58. The predicted molar refractivity (Wildman–Crippen MR) is 135 cm³/mol. The Morgan fingerprint density at radius 2 is 1.71 bits per heavy atom. The SMILES string of the molecule is COc1cc(N2CCN(C)c3cc(N4CCOCC4)c(C#N)cc32)c2cc(C)c(=O)n(C)c2c1. The molecule has 5 rings (SSSR count). The van der Waals surface area contributed by atoms with E-state index < -0.39 is 0 Å². The van der Waals surface area contributed by atoms with E-state index in [4.69, 9.17) is 9.47 Å². The smallest absolute Gasteiger partial charge is 0.253 e. The number of ether oxygens (including phenoxy) is 2. The number of likely N-dealkylation sites (N-methyl/N-ethyl adjacent to an activating group) is 1. The Balaban J connectivity index is 1.73. The van der Waals surface area contributed by atoms with Crippen LogP contribution in [0.1, 0.15) is 11.1 Å². The zero-order chi connectivity index (χ0) is 24.0. The van der Waals surface area contributed by atoms with Crippen molar-refractivity contribution >= 4 is 33.7 Å². The van der Waals surface area contributed by atoms with Crippen LogP contribution in [0.25, 0.3) is 10.9 Å². The van der Waals surface area contributed by atoms with Crippen molar-refractivity contribution in [3.8, 4) is 11.8 Å². The molecule has 1 fully saturated rings. The normalized spacial score (nSPS) is 15.9. The monoisotopic (exact) mass is 459 g/mol. The lowest BCUT2D eigenvalue weighted by Crippen LogP contribution is -2.39. The summed E-state index contributed by atoms with van der Waals surface area (Å²) in [6.45, 7) is 6.29. The van der Waals surface area contributed by atoms with Crippen molar-refractivity contribution in [2.24, 2.45) is 7.05 Å². The number of aromatic nitrogens is 1. The first-order chi connectivity index (χ1) is 16.4. The summed E-state index contributed by atoms with van der Waals surface area (Å²) in [4.78, 5) is 19.3. The zero-order valence-corrected chi connectivity index (χ0v) is 20.1. The van der Waals surface area contributed by atoms with Crippen LogP contribution in [0.5, 0.6) is 5.75 Å². The first-order valence-corrected chi connectivity index (χ1v) is 11.5. The summed E-state index contributed by atoms with van der Waals surface area (Å²) in [6.07, 6.45) is 0. The number of hydrogen-bond acceptors (Lipinski definition) is 7. The zero-order valence-electron chi connectivity index (χ0n) is 20.1. The number of nitriles is 1. The minimum Gasteiger partial charge on any atom is -0.497 e. The number of hydrogen-bond donors (Lipinski definition) is 0. The van der Waals surface area contributed by atoms with E-state index in [1.807, 2.05) is 31.2 Å². The summed E-state index contributed by atoms with van der Waals surface area (Å²) >= 11 is 0. The van der Waals surface area contributed by atoms with Gasteiger partial charge in [-0.1, -0.05) is 0 Å². The fourth-order valence-electron chi connectivity index (χ4n) is 5.00. The highest BCUT2D eigenvalue weighted by molar-refractivity contribution is 5.98. The van der Waals surface area contributed by atoms with Gasteiger partial charge in [0, 0.05) is 63.4 Å². The van der Waals surface area contributed by atoms with Crippen LogP contribution in [-0.2, 0) is 11.8 Å². The fourth-order valence-corrected chi connectivity index (χ4v) is 5.00. The average Bonchev–Trinajstić information content (AvgIpc) is 2.87. The summed E-state index contributed by atoms with van der Waals surface area (Å²) in [6, 6.07) is 12.4. The van der Waals surface area contributed by atoms with Gasteiger partial charge in [0.1, 0.15) is 11.8 Å². The van der Waals surface area contributed by atoms with Gasteiger partial charge in [-0.25, -0.2) is 0 Å².